The predicted octanol–water partition coefficient (Wildman–Crippen LogP) is 3.38. The van der Waals surface area contributed by atoms with Crippen molar-refractivity contribution in [1.82, 2.24) is 15.6 Å². The van der Waals surface area contributed by atoms with Gasteiger partial charge in [0, 0.05) is 25.8 Å². The molecule has 24 heavy (non-hydrogen) atoms. The molecule has 0 radical (unpaired) electrons. The highest BCUT2D eigenvalue weighted by Gasteiger charge is 2.00. The smallest absolute Gasteiger partial charge is 0.191 e. The van der Waals surface area contributed by atoms with Crippen LogP contribution in [-0.2, 0) is 12.8 Å². The number of nitrogens with one attached hydrogen (secondary N) is 2. The van der Waals surface area contributed by atoms with Crippen molar-refractivity contribution in [2.75, 3.05) is 19.6 Å². The Hall–Kier alpha value is -2.07. The van der Waals surface area contributed by atoms with Crippen LogP contribution in [0.15, 0.2) is 47.6 Å². The normalized spacial score (nSPS) is 11.4. The summed E-state index contributed by atoms with van der Waals surface area (Å²) in [7, 11) is 0. The van der Waals surface area contributed by atoms with E-state index in [1.165, 1.54) is 11.1 Å². The van der Waals surface area contributed by atoms with Crippen LogP contribution in [0.2, 0.25) is 5.15 Å². The molecule has 0 aliphatic heterocycles. The van der Waals surface area contributed by atoms with E-state index in [9.17, 15) is 0 Å². The van der Waals surface area contributed by atoms with Gasteiger partial charge in [0.15, 0.2) is 5.96 Å². The van der Waals surface area contributed by atoms with Gasteiger partial charge in [0.1, 0.15) is 5.15 Å². The fourth-order valence-corrected chi connectivity index (χ4v) is 2.51. The Kier molecular flexibility index (Phi) is 7.56. The number of nitrogens with zero attached hydrogens (tertiary/aromatic N) is 2. The molecule has 1 heterocycles. The maximum Gasteiger partial charge on any atom is 0.191 e. The summed E-state index contributed by atoms with van der Waals surface area (Å²) in [6.45, 7) is 6.63. The maximum absolute atomic E-state index is 5.80. The molecule has 1 aromatic carbocycles. The molecule has 1 aromatic heterocycles. The van der Waals surface area contributed by atoms with Gasteiger partial charge in [-0.15, -0.1) is 0 Å². The summed E-state index contributed by atoms with van der Waals surface area (Å²) >= 11 is 5.80. The molecular weight excluding hydrogens is 320 g/mol. The van der Waals surface area contributed by atoms with E-state index in [-0.39, 0.29) is 0 Å². The van der Waals surface area contributed by atoms with Crippen LogP contribution in [0.1, 0.15) is 23.6 Å². The van der Waals surface area contributed by atoms with E-state index < -0.39 is 0 Å². The number of aryl methyl sites for hydroxylation is 1. The SMILES string of the molecule is CCNC(=NCCc1ccccc1C)NCCc1ccc(Cl)nc1. The first-order chi connectivity index (χ1) is 11.7. The number of halogens is 1. The molecule has 5 heteroatoms. The Balaban J connectivity index is 1.82. The Morgan fingerprint density at radius 1 is 1.12 bits per heavy atom. The second kappa shape index (κ2) is 9.93. The lowest BCUT2D eigenvalue weighted by molar-refractivity contribution is 0.794. The van der Waals surface area contributed by atoms with Gasteiger partial charge < -0.3 is 10.6 Å². The van der Waals surface area contributed by atoms with E-state index in [1.54, 1.807) is 0 Å². The molecule has 0 amide bonds. The Labute approximate surface area is 149 Å². The van der Waals surface area contributed by atoms with E-state index in [0.717, 1.165) is 44.0 Å². The molecule has 0 aliphatic carbocycles. The van der Waals surface area contributed by atoms with Gasteiger partial charge in [-0.2, -0.15) is 0 Å². The molecule has 0 saturated heterocycles. The second-order valence-electron chi connectivity index (χ2n) is 5.60. The number of pyridine rings is 1. The van der Waals surface area contributed by atoms with Crippen molar-refractivity contribution in [2.45, 2.75) is 26.7 Å². The van der Waals surface area contributed by atoms with Crippen LogP contribution in [-0.4, -0.2) is 30.6 Å². The first-order valence-corrected chi connectivity index (χ1v) is 8.74. The number of aliphatic imine (C=N–C) groups is 1. The highest BCUT2D eigenvalue weighted by molar-refractivity contribution is 6.29. The quantitative estimate of drug-likeness (QED) is 0.460. The molecule has 2 aromatic rings. The monoisotopic (exact) mass is 344 g/mol. The number of rotatable bonds is 7. The minimum atomic E-state index is 0.526. The number of guanidine groups is 1. The molecule has 2 N–H and O–H groups in total. The van der Waals surface area contributed by atoms with Gasteiger partial charge in [-0.25, -0.2) is 4.98 Å². The topological polar surface area (TPSA) is 49.3 Å². The van der Waals surface area contributed by atoms with Crippen LogP contribution in [0.4, 0.5) is 0 Å². The van der Waals surface area contributed by atoms with Crippen LogP contribution in [0.5, 0.6) is 0 Å². The molecule has 0 unspecified atom stereocenters. The van der Waals surface area contributed by atoms with Gasteiger partial charge in [-0.05, 0) is 49.4 Å². The fraction of sp³-hybridized carbons (Fsp3) is 0.368. The van der Waals surface area contributed by atoms with Gasteiger partial charge >= 0.3 is 0 Å². The molecule has 0 atom stereocenters. The largest absolute Gasteiger partial charge is 0.357 e. The van der Waals surface area contributed by atoms with Crippen LogP contribution in [0.25, 0.3) is 0 Å². The lowest BCUT2D eigenvalue weighted by Crippen LogP contribution is -2.38. The van der Waals surface area contributed by atoms with Gasteiger partial charge in [0.05, 0.1) is 0 Å². The molecule has 4 nitrogen and oxygen atoms in total. The van der Waals surface area contributed by atoms with Crippen LogP contribution >= 0.6 is 11.6 Å². The molecule has 128 valence electrons. The summed E-state index contributed by atoms with van der Waals surface area (Å²) in [5.41, 5.74) is 3.83. The summed E-state index contributed by atoms with van der Waals surface area (Å²) in [6, 6.07) is 12.3. The van der Waals surface area contributed by atoms with Crippen LogP contribution < -0.4 is 10.6 Å². The van der Waals surface area contributed by atoms with E-state index in [1.807, 2.05) is 18.3 Å². The maximum atomic E-state index is 5.80. The lowest BCUT2D eigenvalue weighted by atomic mass is 10.1. The van der Waals surface area contributed by atoms with Crippen LogP contribution in [0.3, 0.4) is 0 Å². The molecule has 0 aliphatic rings. The average Bonchev–Trinajstić information content (AvgIpc) is 2.58. The minimum Gasteiger partial charge on any atom is -0.357 e. The highest BCUT2D eigenvalue weighted by Crippen LogP contribution is 2.07. The summed E-state index contributed by atoms with van der Waals surface area (Å²) < 4.78 is 0. The highest BCUT2D eigenvalue weighted by atomic mass is 35.5. The van der Waals surface area contributed by atoms with Crippen molar-refractivity contribution in [3.63, 3.8) is 0 Å². The zero-order valence-electron chi connectivity index (χ0n) is 14.3. The molecule has 0 saturated carbocycles. The first-order valence-electron chi connectivity index (χ1n) is 8.36. The summed E-state index contributed by atoms with van der Waals surface area (Å²) in [5.74, 6) is 0.855. The third-order valence-corrected chi connectivity index (χ3v) is 3.97. The van der Waals surface area contributed by atoms with Crippen molar-refractivity contribution < 1.29 is 0 Å². The summed E-state index contributed by atoms with van der Waals surface area (Å²) in [6.07, 6.45) is 3.64. The lowest BCUT2D eigenvalue weighted by Gasteiger charge is -2.11. The first kappa shape index (κ1) is 18.3. The molecule has 0 bridgehead atoms. The molecule has 2 rings (SSSR count). The van der Waals surface area contributed by atoms with E-state index in [4.69, 9.17) is 11.6 Å². The zero-order chi connectivity index (χ0) is 17.2. The Bertz CT molecular complexity index is 653. The van der Waals surface area contributed by atoms with Crippen molar-refractivity contribution in [3.8, 4) is 0 Å². The van der Waals surface area contributed by atoms with Crippen molar-refractivity contribution in [1.29, 1.82) is 0 Å². The second-order valence-corrected chi connectivity index (χ2v) is 5.99. The Morgan fingerprint density at radius 3 is 2.67 bits per heavy atom. The van der Waals surface area contributed by atoms with Crippen molar-refractivity contribution >= 4 is 17.6 Å². The Morgan fingerprint density at radius 2 is 1.96 bits per heavy atom. The standard InChI is InChI=1S/C19H25ClN4/c1-3-21-19(22-12-10-16-8-9-18(20)24-14-16)23-13-11-17-7-5-4-6-15(17)2/h4-9,14H,3,10-13H2,1-2H3,(H2,21,22,23). The average molecular weight is 345 g/mol. The number of aromatic nitrogens is 1. The van der Waals surface area contributed by atoms with Gasteiger partial charge in [0.25, 0.3) is 0 Å². The van der Waals surface area contributed by atoms with E-state index >= 15 is 0 Å². The van der Waals surface area contributed by atoms with Crippen LogP contribution in [0, 0.1) is 6.92 Å². The van der Waals surface area contributed by atoms with E-state index in [2.05, 4.69) is 58.7 Å². The number of benzene rings is 1. The summed E-state index contributed by atoms with van der Waals surface area (Å²) in [5, 5.41) is 7.17. The third-order valence-electron chi connectivity index (χ3n) is 3.75. The van der Waals surface area contributed by atoms with Crippen molar-refractivity contribution in [3.05, 3.63) is 64.4 Å². The fourth-order valence-electron chi connectivity index (χ4n) is 2.40. The van der Waals surface area contributed by atoms with Gasteiger partial charge in [-0.3, -0.25) is 4.99 Å². The van der Waals surface area contributed by atoms with Gasteiger partial charge in [-0.1, -0.05) is 41.9 Å². The third kappa shape index (κ3) is 6.20. The van der Waals surface area contributed by atoms with Crippen molar-refractivity contribution in [2.24, 2.45) is 4.99 Å². The number of hydrogen-bond donors (Lipinski definition) is 2. The van der Waals surface area contributed by atoms with Gasteiger partial charge in [0.2, 0.25) is 0 Å². The zero-order valence-corrected chi connectivity index (χ0v) is 15.1. The van der Waals surface area contributed by atoms with E-state index in [0.29, 0.717) is 5.15 Å². The molecule has 0 fully saturated rings. The number of hydrogen-bond acceptors (Lipinski definition) is 2. The summed E-state index contributed by atoms with van der Waals surface area (Å²) in [4.78, 5) is 8.75. The molecular formula is C19H25ClN4. The minimum absolute atomic E-state index is 0.526. The molecule has 0 spiro atoms. The predicted molar refractivity (Wildman–Crippen MR) is 102 cm³/mol.